The number of nitrogens with zero attached hydrogens (tertiary/aromatic N) is 2. The second kappa shape index (κ2) is 10.8. The highest BCUT2D eigenvalue weighted by Crippen LogP contribution is 2.16. The van der Waals surface area contributed by atoms with E-state index >= 15 is 0 Å². The lowest BCUT2D eigenvalue weighted by Gasteiger charge is -2.38. The van der Waals surface area contributed by atoms with Gasteiger partial charge in [-0.1, -0.05) is 30.3 Å². The highest BCUT2D eigenvalue weighted by Gasteiger charge is 2.27. The van der Waals surface area contributed by atoms with Crippen molar-refractivity contribution in [3.8, 4) is 0 Å². The minimum absolute atomic E-state index is 0. The van der Waals surface area contributed by atoms with Crippen molar-refractivity contribution in [2.45, 2.75) is 57.7 Å². The van der Waals surface area contributed by atoms with Crippen LogP contribution in [0.1, 0.15) is 38.7 Å². The van der Waals surface area contributed by atoms with Gasteiger partial charge in [0.05, 0.1) is 6.04 Å². The van der Waals surface area contributed by atoms with E-state index in [0.29, 0.717) is 6.04 Å². The lowest BCUT2D eigenvalue weighted by molar-refractivity contribution is -0.127. The summed E-state index contributed by atoms with van der Waals surface area (Å²) >= 11 is 0. The number of likely N-dealkylation sites (tertiary alicyclic amines) is 1. The Labute approximate surface area is 159 Å². The van der Waals surface area contributed by atoms with Crippen molar-refractivity contribution in [1.82, 2.24) is 15.1 Å². The number of benzene rings is 1. The first kappa shape index (κ1) is 21.9. The maximum Gasteiger partial charge on any atom is 0.237 e. The Bertz CT molecular complexity index is 503. The molecule has 25 heavy (non-hydrogen) atoms. The number of hydrogen-bond donors (Lipinski definition) is 1. The van der Waals surface area contributed by atoms with Crippen molar-refractivity contribution >= 4 is 18.3 Å². The quantitative estimate of drug-likeness (QED) is 0.804. The summed E-state index contributed by atoms with van der Waals surface area (Å²) in [5.74, 6) is 0.150. The number of piperidine rings is 1. The fourth-order valence-corrected chi connectivity index (χ4v) is 3.37. The first-order chi connectivity index (χ1) is 11.5. The molecular weight excluding hydrogens is 334 g/mol. The molecule has 0 bridgehead atoms. The predicted molar refractivity (Wildman–Crippen MR) is 107 cm³/mol. The number of rotatable bonds is 7. The van der Waals surface area contributed by atoms with Gasteiger partial charge in [-0.2, -0.15) is 0 Å². The number of hydrogen-bond acceptors (Lipinski definition) is 3. The Balaban J connectivity index is 0.00000312. The first-order valence-electron chi connectivity index (χ1n) is 9.22. The second-order valence-electron chi connectivity index (χ2n) is 7.31. The molecule has 1 heterocycles. The van der Waals surface area contributed by atoms with Gasteiger partial charge in [-0.3, -0.25) is 9.69 Å². The van der Waals surface area contributed by atoms with Crippen LogP contribution in [0.25, 0.3) is 0 Å². The van der Waals surface area contributed by atoms with Gasteiger partial charge in [0, 0.05) is 12.1 Å². The fourth-order valence-electron chi connectivity index (χ4n) is 3.37. The number of nitrogens with one attached hydrogen (secondary N) is 1. The molecule has 5 heteroatoms. The van der Waals surface area contributed by atoms with Gasteiger partial charge < -0.3 is 10.2 Å². The van der Waals surface area contributed by atoms with Gasteiger partial charge in [0.25, 0.3) is 0 Å². The van der Waals surface area contributed by atoms with Crippen LogP contribution in [-0.2, 0) is 11.2 Å². The fraction of sp³-hybridized carbons (Fsp3) is 0.650. The van der Waals surface area contributed by atoms with Gasteiger partial charge in [0.2, 0.25) is 5.91 Å². The average Bonchev–Trinajstić information content (AvgIpc) is 2.60. The summed E-state index contributed by atoms with van der Waals surface area (Å²) in [6.07, 6.45) is 4.27. The number of halogens is 1. The molecule has 0 aliphatic carbocycles. The molecule has 2 atom stereocenters. The molecule has 2 unspecified atom stereocenters. The van der Waals surface area contributed by atoms with Gasteiger partial charge in [-0.15, -0.1) is 12.4 Å². The van der Waals surface area contributed by atoms with Gasteiger partial charge >= 0.3 is 0 Å². The third kappa shape index (κ3) is 6.96. The maximum absolute atomic E-state index is 12.6. The number of aryl methyl sites for hydroxylation is 1. The zero-order chi connectivity index (χ0) is 17.5. The van der Waals surface area contributed by atoms with Crippen LogP contribution in [0.15, 0.2) is 30.3 Å². The van der Waals surface area contributed by atoms with E-state index in [1.807, 2.05) is 13.0 Å². The Kier molecular flexibility index (Phi) is 9.47. The lowest BCUT2D eigenvalue weighted by Crippen LogP contribution is -2.52. The summed E-state index contributed by atoms with van der Waals surface area (Å²) in [6.45, 7) is 6.37. The van der Waals surface area contributed by atoms with E-state index in [-0.39, 0.29) is 30.4 Å². The van der Waals surface area contributed by atoms with Crippen LogP contribution in [0.4, 0.5) is 0 Å². The summed E-state index contributed by atoms with van der Waals surface area (Å²) in [4.78, 5) is 17.2. The third-order valence-electron chi connectivity index (χ3n) is 5.35. The minimum atomic E-state index is -0.0717. The third-order valence-corrected chi connectivity index (χ3v) is 5.35. The summed E-state index contributed by atoms with van der Waals surface area (Å²) < 4.78 is 0. The number of carbonyl (C=O) groups excluding carboxylic acids is 1. The van der Waals surface area contributed by atoms with Crippen molar-refractivity contribution in [2.24, 2.45) is 0 Å². The van der Waals surface area contributed by atoms with Crippen molar-refractivity contribution in [3.63, 3.8) is 0 Å². The standard InChI is InChI=1S/C20H33N3O.ClH/c1-16(10-11-18-8-6-5-7-9-18)21-20(24)17(2)23(4)19-12-14-22(3)15-13-19;/h5-9,16-17,19H,10-15H2,1-4H3,(H,21,24);1H. The van der Waals surface area contributed by atoms with Crippen LogP contribution >= 0.6 is 12.4 Å². The highest BCUT2D eigenvalue weighted by atomic mass is 35.5. The van der Waals surface area contributed by atoms with Crippen LogP contribution in [0, 0.1) is 0 Å². The van der Waals surface area contributed by atoms with Crippen molar-refractivity contribution in [2.75, 3.05) is 27.2 Å². The Morgan fingerprint density at radius 3 is 2.44 bits per heavy atom. The molecule has 1 aliphatic heterocycles. The van der Waals surface area contributed by atoms with E-state index in [4.69, 9.17) is 0 Å². The summed E-state index contributed by atoms with van der Waals surface area (Å²) in [6, 6.07) is 11.1. The Morgan fingerprint density at radius 1 is 1.24 bits per heavy atom. The molecular formula is C20H34ClN3O. The van der Waals surface area contributed by atoms with Crippen LogP contribution in [0.5, 0.6) is 0 Å². The molecule has 4 nitrogen and oxygen atoms in total. The zero-order valence-corrected chi connectivity index (χ0v) is 16.9. The van der Waals surface area contributed by atoms with Gasteiger partial charge in [-0.05, 0) is 72.3 Å². The molecule has 2 rings (SSSR count). The number of likely N-dealkylation sites (N-methyl/N-ethyl adjacent to an activating group) is 1. The zero-order valence-electron chi connectivity index (χ0n) is 16.1. The second-order valence-corrected chi connectivity index (χ2v) is 7.31. The average molecular weight is 368 g/mol. The van der Waals surface area contributed by atoms with E-state index in [2.05, 4.69) is 60.4 Å². The smallest absolute Gasteiger partial charge is 0.237 e. The minimum Gasteiger partial charge on any atom is -0.352 e. The van der Waals surface area contributed by atoms with Gasteiger partial charge in [0.1, 0.15) is 0 Å². The largest absolute Gasteiger partial charge is 0.352 e. The summed E-state index contributed by atoms with van der Waals surface area (Å²) in [5, 5.41) is 3.19. The molecule has 1 N–H and O–H groups in total. The SMILES string of the molecule is CC(CCc1ccccc1)NC(=O)C(C)N(C)C1CCN(C)CC1.Cl. The molecule has 1 saturated heterocycles. The first-order valence-corrected chi connectivity index (χ1v) is 9.22. The van der Waals surface area contributed by atoms with Gasteiger partial charge in [0.15, 0.2) is 0 Å². The van der Waals surface area contributed by atoms with Crippen LogP contribution in [0.2, 0.25) is 0 Å². The van der Waals surface area contributed by atoms with Gasteiger partial charge in [-0.25, -0.2) is 0 Å². The van der Waals surface area contributed by atoms with E-state index in [0.717, 1.165) is 38.8 Å². The Morgan fingerprint density at radius 2 is 1.84 bits per heavy atom. The molecule has 0 saturated carbocycles. The van der Waals surface area contributed by atoms with Crippen LogP contribution in [0.3, 0.4) is 0 Å². The summed E-state index contributed by atoms with van der Waals surface area (Å²) in [7, 11) is 4.26. The number of amides is 1. The topological polar surface area (TPSA) is 35.6 Å². The Hall–Kier alpha value is -1.10. The van der Waals surface area contributed by atoms with Crippen molar-refractivity contribution < 1.29 is 4.79 Å². The normalized spacial score (nSPS) is 18.4. The van der Waals surface area contributed by atoms with Crippen molar-refractivity contribution in [3.05, 3.63) is 35.9 Å². The molecule has 1 aromatic carbocycles. The monoisotopic (exact) mass is 367 g/mol. The maximum atomic E-state index is 12.6. The molecule has 1 fully saturated rings. The molecule has 1 amide bonds. The molecule has 1 aliphatic rings. The van der Waals surface area contributed by atoms with Crippen LogP contribution < -0.4 is 5.32 Å². The lowest BCUT2D eigenvalue weighted by atomic mass is 10.0. The molecule has 142 valence electrons. The van der Waals surface area contributed by atoms with Crippen molar-refractivity contribution in [1.29, 1.82) is 0 Å². The van der Waals surface area contributed by atoms with E-state index in [1.54, 1.807) is 0 Å². The highest BCUT2D eigenvalue weighted by molar-refractivity contribution is 5.85. The molecule has 1 aromatic rings. The molecule has 0 spiro atoms. The van der Waals surface area contributed by atoms with E-state index in [9.17, 15) is 4.79 Å². The predicted octanol–water partition coefficient (Wildman–Crippen LogP) is 2.96. The molecule has 0 radical (unpaired) electrons. The van der Waals surface area contributed by atoms with E-state index in [1.165, 1.54) is 5.56 Å². The summed E-state index contributed by atoms with van der Waals surface area (Å²) in [5.41, 5.74) is 1.33. The van der Waals surface area contributed by atoms with E-state index < -0.39 is 0 Å². The van der Waals surface area contributed by atoms with Crippen LogP contribution in [-0.4, -0.2) is 61.0 Å². The number of carbonyl (C=O) groups is 1. The molecule has 0 aromatic heterocycles.